The number of piperidine rings is 1. The molecule has 0 radical (unpaired) electrons. The van der Waals surface area contributed by atoms with E-state index in [4.69, 9.17) is 16.3 Å². The standard InChI is InChI=1S/C12H12ClNO3/c1-17-10-4-2-7(6-9(10)13)8-3-5-11(15)14-12(8)16/h2,4,6,8H,3,5H2,1H3,(H,14,15,16). The molecule has 1 aliphatic heterocycles. The number of imide groups is 1. The highest BCUT2D eigenvalue weighted by Crippen LogP contribution is 2.31. The molecule has 1 fully saturated rings. The molecule has 1 aromatic rings. The van der Waals surface area contributed by atoms with Gasteiger partial charge in [0.2, 0.25) is 11.8 Å². The second kappa shape index (κ2) is 4.75. The van der Waals surface area contributed by atoms with Crippen LogP contribution in [0.15, 0.2) is 18.2 Å². The van der Waals surface area contributed by atoms with Crippen molar-refractivity contribution in [1.29, 1.82) is 0 Å². The average molecular weight is 254 g/mol. The smallest absolute Gasteiger partial charge is 0.234 e. The number of methoxy groups -OCH3 is 1. The van der Waals surface area contributed by atoms with Crippen LogP contribution in [0.5, 0.6) is 5.75 Å². The maximum Gasteiger partial charge on any atom is 0.234 e. The zero-order chi connectivity index (χ0) is 12.4. The lowest BCUT2D eigenvalue weighted by molar-refractivity contribution is -0.134. The number of ether oxygens (including phenoxy) is 1. The van der Waals surface area contributed by atoms with Gasteiger partial charge in [-0.3, -0.25) is 14.9 Å². The summed E-state index contributed by atoms with van der Waals surface area (Å²) in [5, 5.41) is 2.79. The molecule has 17 heavy (non-hydrogen) atoms. The van der Waals surface area contributed by atoms with Gasteiger partial charge in [0.15, 0.2) is 0 Å². The summed E-state index contributed by atoms with van der Waals surface area (Å²) in [6.45, 7) is 0. The summed E-state index contributed by atoms with van der Waals surface area (Å²) in [6, 6.07) is 5.23. The largest absolute Gasteiger partial charge is 0.495 e. The number of benzene rings is 1. The molecule has 0 spiro atoms. The Balaban J connectivity index is 2.25. The molecule has 1 atom stereocenters. The van der Waals surface area contributed by atoms with Gasteiger partial charge in [0.25, 0.3) is 0 Å². The SMILES string of the molecule is COc1ccc(C2CCC(=O)NC2=O)cc1Cl. The van der Waals surface area contributed by atoms with Gasteiger partial charge in [-0.25, -0.2) is 0 Å². The van der Waals surface area contributed by atoms with Gasteiger partial charge in [0, 0.05) is 6.42 Å². The van der Waals surface area contributed by atoms with E-state index < -0.39 is 0 Å². The number of amides is 2. The highest BCUT2D eigenvalue weighted by atomic mass is 35.5. The van der Waals surface area contributed by atoms with Crippen LogP contribution in [-0.4, -0.2) is 18.9 Å². The van der Waals surface area contributed by atoms with Gasteiger partial charge in [-0.2, -0.15) is 0 Å². The maximum atomic E-state index is 11.7. The van der Waals surface area contributed by atoms with E-state index in [1.165, 1.54) is 7.11 Å². The molecule has 0 aliphatic carbocycles. The molecule has 1 aliphatic rings. The number of halogens is 1. The topological polar surface area (TPSA) is 55.4 Å². The first kappa shape index (κ1) is 11.9. The quantitative estimate of drug-likeness (QED) is 0.819. The van der Waals surface area contributed by atoms with E-state index in [1.807, 2.05) is 0 Å². The van der Waals surface area contributed by atoms with E-state index in [0.717, 1.165) is 5.56 Å². The Bertz CT molecular complexity index is 473. The number of nitrogens with one attached hydrogen (secondary N) is 1. The predicted octanol–water partition coefficient (Wildman–Crippen LogP) is 1.87. The number of hydrogen-bond donors (Lipinski definition) is 1. The highest BCUT2D eigenvalue weighted by Gasteiger charge is 2.28. The Hall–Kier alpha value is -1.55. The summed E-state index contributed by atoms with van der Waals surface area (Å²) in [5.74, 6) is -0.216. The van der Waals surface area contributed by atoms with Crippen LogP contribution in [-0.2, 0) is 9.59 Å². The van der Waals surface area contributed by atoms with Gasteiger partial charge in [-0.1, -0.05) is 17.7 Å². The molecule has 4 nitrogen and oxygen atoms in total. The third kappa shape index (κ3) is 2.42. The normalized spacial score (nSPS) is 20.0. The van der Waals surface area contributed by atoms with Gasteiger partial charge in [0.05, 0.1) is 18.1 Å². The molecule has 1 aromatic carbocycles. The van der Waals surface area contributed by atoms with Gasteiger partial charge in [-0.15, -0.1) is 0 Å². The van der Waals surface area contributed by atoms with Crippen molar-refractivity contribution in [3.05, 3.63) is 28.8 Å². The lowest BCUT2D eigenvalue weighted by Gasteiger charge is -2.21. The number of hydrogen-bond acceptors (Lipinski definition) is 3. The number of carbonyl (C=O) groups is 2. The third-order valence-electron chi connectivity index (χ3n) is 2.82. The molecule has 1 heterocycles. The summed E-state index contributed by atoms with van der Waals surface area (Å²) in [6.07, 6.45) is 0.882. The minimum atomic E-state index is -0.309. The van der Waals surface area contributed by atoms with Crippen LogP contribution in [0.3, 0.4) is 0 Å². The van der Waals surface area contributed by atoms with Crippen LogP contribution in [0.2, 0.25) is 5.02 Å². The Morgan fingerprint density at radius 2 is 2.18 bits per heavy atom. The Morgan fingerprint density at radius 1 is 1.41 bits per heavy atom. The summed E-state index contributed by atoms with van der Waals surface area (Å²) in [4.78, 5) is 22.7. The zero-order valence-electron chi connectivity index (χ0n) is 9.33. The van der Waals surface area contributed by atoms with E-state index in [0.29, 0.717) is 23.6 Å². The maximum absolute atomic E-state index is 11.7. The van der Waals surface area contributed by atoms with Crippen LogP contribution in [0, 0.1) is 0 Å². The molecular weight excluding hydrogens is 242 g/mol. The van der Waals surface area contributed by atoms with E-state index >= 15 is 0 Å². The first-order valence-corrected chi connectivity index (χ1v) is 5.66. The van der Waals surface area contributed by atoms with Gasteiger partial charge in [-0.05, 0) is 24.1 Å². The highest BCUT2D eigenvalue weighted by molar-refractivity contribution is 6.32. The number of carbonyl (C=O) groups excluding carboxylic acids is 2. The molecule has 2 rings (SSSR count). The molecule has 1 unspecified atom stereocenters. The van der Waals surface area contributed by atoms with E-state index in [-0.39, 0.29) is 17.7 Å². The van der Waals surface area contributed by atoms with Crippen molar-refractivity contribution in [3.63, 3.8) is 0 Å². The molecule has 5 heteroatoms. The molecular formula is C12H12ClNO3. The van der Waals surface area contributed by atoms with Crippen LogP contribution in [0.1, 0.15) is 24.3 Å². The number of rotatable bonds is 2. The van der Waals surface area contributed by atoms with E-state index in [2.05, 4.69) is 5.32 Å². The van der Waals surface area contributed by atoms with Crippen LogP contribution in [0.4, 0.5) is 0 Å². The molecule has 2 amide bonds. The summed E-state index contributed by atoms with van der Waals surface area (Å²) in [7, 11) is 1.53. The van der Waals surface area contributed by atoms with Crippen molar-refractivity contribution in [2.45, 2.75) is 18.8 Å². The minimum Gasteiger partial charge on any atom is -0.495 e. The van der Waals surface area contributed by atoms with Crippen molar-refractivity contribution < 1.29 is 14.3 Å². The van der Waals surface area contributed by atoms with E-state index in [9.17, 15) is 9.59 Å². The zero-order valence-corrected chi connectivity index (χ0v) is 10.1. The first-order chi connectivity index (χ1) is 8.11. The van der Waals surface area contributed by atoms with Crippen molar-refractivity contribution >= 4 is 23.4 Å². The van der Waals surface area contributed by atoms with Gasteiger partial charge in [0.1, 0.15) is 5.75 Å². The van der Waals surface area contributed by atoms with Crippen LogP contribution >= 0.6 is 11.6 Å². The molecule has 0 bridgehead atoms. The van der Waals surface area contributed by atoms with Crippen LogP contribution in [0.25, 0.3) is 0 Å². The lowest BCUT2D eigenvalue weighted by Crippen LogP contribution is -2.39. The van der Waals surface area contributed by atoms with Crippen molar-refractivity contribution in [3.8, 4) is 5.75 Å². The minimum absolute atomic E-state index is 0.217. The molecule has 1 N–H and O–H groups in total. The van der Waals surface area contributed by atoms with Gasteiger partial charge < -0.3 is 4.74 Å². The molecule has 90 valence electrons. The third-order valence-corrected chi connectivity index (χ3v) is 3.11. The fraction of sp³-hybridized carbons (Fsp3) is 0.333. The van der Waals surface area contributed by atoms with E-state index in [1.54, 1.807) is 18.2 Å². The first-order valence-electron chi connectivity index (χ1n) is 5.29. The molecule has 1 saturated heterocycles. The van der Waals surface area contributed by atoms with Gasteiger partial charge >= 0.3 is 0 Å². The van der Waals surface area contributed by atoms with Crippen molar-refractivity contribution in [2.75, 3.05) is 7.11 Å². The summed E-state index contributed by atoms with van der Waals surface area (Å²) >= 11 is 6.00. The predicted molar refractivity (Wildman–Crippen MR) is 63.1 cm³/mol. The summed E-state index contributed by atoms with van der Waals surface area (Å²) in [5.41, 5.74) is 0.806. The lowest BCUT2D eigenvalue weighted by atomic mass is 9.90. The Kier molecular flexibility index (Phi) is 3.33. The second-order valence-electron chi connectivity index (χ2n) is 3.90. The van der Waals surface area contributed by atoms with Crippen molar-refractivity contribution in [2.24, 2.45) is 0 Å². The second-order valence-corrected chi connectivity index (χ2v) is 4.30. The monoisotopic (exact) mass is 253 g/mol. The Morgan fingerprint density at radius 3 is 2.76 bits per heavy atom. The van der Waals surface area contributed by atoms with Crippen molar-refractivity contribution in [1.82, 2.24) is 5.32 Å². The van der Waals surface area contributed by atoms with Crippen LogP contribution < -0.4 is 10.1 Å². The molecule has 0 saturated carbocycles. The fourth-order valence-electron chi connectivity index (χ4n) is 1.91. The Labute approximate surface area is 104 Å². The summed E-state index contributed by atoms with van der Waals surface area (Å²) < 4.78 is 5.04. The fourth-order valence-corrected chi connectivity index (χ4v) is 2.18. The average Bonchev–Trinajstić information content (AvgIpc) is 2.29. The molecule has 0 aromatic heterocycles.